The van der Waals surface area contributed by atoms with Crippen LogP contribution in [-0.2, 0) is 0 Å². The predicted octanol–water partition coefficient (Wildman–Crippen LogP) is 2.43. The van der Waals surface area contributed by atoms with Crippen LogP contribution in [0.1, 0.15) is 12.8 Å². The second-order valence-corrected chi connectivity index (χ2v) is 4.60. The Bertz CT molecular complexity index is 341. The zero-order chi connectivity index (χ0) is 11.4. The number of hydrogen-bond acceptors (Lipinski definition) is 2. The molecule has 16 heavy (non-hydrogen) atoms. The predicted molar refractivity (Wildman–Crippen MR) is 69.9 cm³/mol. The molecule has 0 spiro atoms. The second-order valence-electron chi connectivity index (χ2n) is 4.60. The first-order valence-corrected chi connectivity index (χ1v) is 5.92. The van der Waals surface area contributed by atoms with Gasteiger partial charge in [0.15, 0.2) is 0 Å². The number of anilines is 1. The monoisotopic (exact) mass is 216 g/mol. The molecule has 1 saturated carbocycles. The number of likely N-dealkylation sites (N-methyl/N-ethyl adjacent to an activating group) is 1. The Balaban J connectivity index is 1.77. The van der Waals surface area contributed by atoms with Gasteiger partial charge in [0.05, 0.1) is 0 Å². The number of benzene rings is 1. The van der Waals surface area contributed by atoms with Crippen LogP contribution in [0.15, 0.2) is 42.5 Å². The fourth-order valence-corrected chi connectivity index (χ4v) is 1.74. The van der Waals surface area contributed by atoms with Gasteiger partial charge in [-0.05, 0) is 30.5 Å². The third-order valence-electron chi connectivity index (χ3n) is 2.88. The van der Waals surface area contributed by atoms with Gasteiger partial charge in [-0.2, -0.15) is 0 Å². The fraction of sp³-hybridized carbons (Fsp3) is 0.429. The number of para-hydroxylation sites is 1. The highest BCUT2D eigenvalue weighted by molar-refractivity contribution is 5.46. The van der Waals surface area contributed by atoms with Crippen LogP contribution in [0.2, 0.25) is 0 Å². The quantitative estimate of drug-likeness (QED) is 0.735. The average molecular weight is 216 g/mol. The third kappa shape index (κ3) is 3.38. The molecule has 0 atom stereocenters. The van der Waals surface area contributed by atoms with Gasteiger partial charge < -0.3 is 10.2 Å². The van der Waals surface area contributed by atoms with Crippen LogP contribution in [0.5, 0.6) is 0 Å². The number of nitrogens with zero attached hydrogens (tertiary/aromatic N) is 1. The standard InChI is InChI=1S/C14H20N2/c1-12(10-15-13-8-9-13)11-16(2)14-6-4-3-5-7-14/h3-7,13,15H,1,8-11H2,2H3. The van der Waals surface area contributed by atoms with E-state index in [4.69, 9.17) is 0 Å². The minimum atomic E-state index is 0.763. The van der Waals surface area contributed by atoms with E-state index in [-0.39, 0.29) is 0 Å². The minimum Gasteiger partial charge on any atom is -0.371 e. The van der Waals surface area contributed by atoms with Crippen LogP contribution < -0.4 is 10.2 Å². The molecule has 1 aromatic rings. The van der Waals surface area contributed by atoms with Gasteiger partial charge in [-0.15, -0.1) is 0 Å². The van der Waals surface area contributed by atoms with Gasteiger partial charge in [-0.1, -0.05) is 24.8 Å². The molecule has 2 heteroatoms. The van der Waals surface area contributed by atoms with E-state index < -0.39 is 0 Å². The SMILES string of the molecule is C=C(CNC1CC1)CN(C)c1ccccc1. The molecule has 0 unspecified atom stereocenters. The molecule has 0 aliphatic heterocycles. The maximum atomic E-state index is 4.12. The third-order valence-corrected chi connectivity index (χ3v) is 2.88. The molecule has 1 fully saturated rings. The van der Waals surface area contributed by atoms with Gasteiger partial charge in [0.25, 0.3) is 0 Å². The Hall–Kier alpha value is -1.28. The van der Waals surface area contributed by atoms with Gasteiger partial charge >= 0.3 is 0 Å². The van der Waals surface area contributed by atoms with E-state index in [0.717, 1.165) is 19.1 Å². The molecule has 0 bridgehead atoms. The summed E-state index contributed by atoms with van der Waals surface area (Å²) in [6, 6.07) is 11.2. The number of hydrogen-bond donors (Lipinski definition) is 1. The largest absolute Gasteiger partial charge is 0.371 e. The molecule has 2 nitrogen and oxygen atoms in total. The first-order valence-electron chi connectivity index (χ1n) is 5.92. The molecule has 0 saturated heterocycles. The summed E-state index contributed by atoms with van der Waals surface area (Å²) in [5.74, 6) is 0. The van der Waals surface area contributed by atoms with E-state index in [1.54, 1.807) is 0 Å². The van der Waals surface area contributed by atoms with Crippen molar-refractivity contribution < 1.29 is 0 Å². The summed E-state index contributed by atoms with van der Waals surface area (Å²) in [7, 11) is 2.11. The van der Waals surface area contributed by atoms with Crippen LogP contribution in [0.25, 0.3) is 0 Å². The summed E-state index contributed by atoms with van der Waals surface area (Å²) in [6.07, 6.45) is 2.67. The van der Waals surface area contributed by atoms with E-state index in [1.165, 1.54) is 24.1 Å². The smallest absolute Gasteiger partial charge is 0.0395 e. The first-order chi connectivity index (χ1) is 7.75. The van der Waals surface area contributed by atoms with E-state index in [1.807, 2.05) is 6.07 Å². The van der Waals surface area contributed by atoms with Gasteiger partial charge in [0, 0.05) is 31.9 Å². The van der Waals surface area contributed by atoms with Crippen molar-refractivity contribution in [2.75, 3.05) is 25.0 Å². The minimum absolute atomic E-state index is 0.763. The van der Waals surface area contributed by atoms with Crippen LogP contribution in [0.3, 0.4) is 0 Å². The van der Waals surface area contributed by atoms with Crippen molar-refractivity contribution >= 4 is 5.69 Å². The van der Waals surface area contributed by atoms with Crippen molar-refractivity contribution in [1.82, 2.24) is 5.32 Å². The Morgan fingerprint density at radius 2 is 2.06 bits per heavy atom. The van der Waals surface area contributed by atoms with E-state index in [9.17, 15) is 0 Å². The lowest BCUT2D eigenvalue weighted by molar-refractivity contribution is 0.722. The Kier molecular flexibility index (Phi) is 3.62. The zero-order valence-electron chi connectivity index (χ0n) is 9.95. The van der Waals surface area contributed by atoms with Crippen molar-refractivity contribution in [2.45, 2.75) is 18.9 Å². The topological polar surface area (TPSA) is 15.3 Å². The van der Waals surface area contributed by atoms with E-state index in [0.29, 0.717) is 0 Å². The lowest BCUT2D eigenvalue weighted by atomic mass is 10.2. The molecule has 1 aliphatic carbocycles. The Morgan fingerprint density at radius 3 is 2.69 bits per heavy atom. The lowest BCUT2D eigenvalue weighted by Gasteiger charge is -2.20. The number of nitrogens with one attached hydrogen (secondary N) is 1. The van der Waals surface area contributed by atoms with Crippen molar-refractivity contribution in [1.29, 1.82) is 0 Å². The first kappa shape index (κ1) is 11.2. The fourth-order valence-electron chi connectivity index (χ4n) is 1.74. The molecule has 0 amide bonds. The highest BCUT2D eigenvalue weighted by Gasteiger charge is 2.20. The molecular formula is C14H20N2. The average Bonchev–Trinajstić information content (AvgIpc) is 3.11. The van der Waals surface area contributed by atoms with Gasteiger partial charge in [0.1, 0.15) is 0 Å². The van der Waals surface area contributed by atoms with Crippen molar-refractivity contribution in [3.8, 4) is 0 Å². The van der Waals surface area contributed by atoms with Crippen molar-refractivity contribution in [3.63, 3.8) is 0 Å². The van der Waals surface area contributed by atoms with Crippen molar-refractivity contribution in [3.05, 3.63) is 42.5 Å². The van der Waals surface area contributed by atoms with E-state index in [2.05, 4.69) is 48.1 Å². The molecule has 1 aromatic carbocycles. The number of rotatable bonds is 6. The summed E-state index contributed by atoms with van der Waals surface area (Å²) in [5.41, 5.74) is 2.49. The molecule has 86 valence electrons. The highest BCUT2D eigenvalue weighted by atomic mass is 15.1. The van der Waals surface area contributed by atoms with Crippen LogP contribution in [-0.4, -0.2) is 26.2 Å². The van der Waals surface area contributed by atoms with Gasteiger partial charge in [0.2, 0.25) is 0 Å². The molecule has 0 heterocycles. The highest BCUT2D eigenvalue weighted by Crippen LogP contribution is 2.19. The zero-order valence-corrected chi connectivity index (χ0v) is 9.95. The van der Waals surface area contributed by atoms with Gasteiger partial charge in [-0.3, -0.25) is 0 Å². The van der Waals surface area contributed by atoms with E-state index >= 15 is 0 Å². The molecule has 1 N–H and O–H groups in total. The second kappa shape index (κ2) is 5.17. The van der Waals surface area contributed by atoms with Crippen LogP contribution >= 0.6 is 0 Å². The normalized spacial score (nSPS) is 14.8. The Labute approximate surface area is 98.0 Å². The molecule has 0 radical (unpaired) electrons. The van der Waals surface area contributed by atoms with Gasteiger partial charge in [-0.25, -0.2) is 0 Å². The Morgan fingerprint density at radius 1 is 1.38 bits per heavy atom. The van der Waals surface area contributed by atoms with Crippen molar-refractivity contribution in [2.24, 2.45) is 0 Å². The van der Waals surface area contributed by atoms with Crippen LogP contribution in [0, 0.1) is 0 Å². The maximum Gasteiger partial charge on any atom is 0.0395 e. The lowest BCUT2D eigenvalue weighted by Crippen LogP contribution is -2.26. The molecule has 0 aromatic heterocycles. The summed E-state index contributed by atoms with van der Waals surface area (Å²) in [4.78, 5) is 2.23. The summed E-state index contributed by atoms with van der Waals surface area (Å²) in [5, 5.41) is 3.49. The molecular weight excluding hydrogens is 196 g/mol. The summed E-state index contributed by atoms with van der Waals surface area (Å²) < 4.78 is 0. The summed E-state index contributed by atoms with van der Waals surface area (Å²) in [6.45, 7) is 5.98. The molecule has 1 aliphatic rings. The molecule has 2 rings (SSSR count). The van der Waals surface area contributed by atoms with Crippen LogP contribution in [0.4, 0.5) is 5.69 Å². The summed E-state index contributed by atoms with van der Waals surface area (Å²) >= 11 is 0. The maximum absolute atomic E-state index is 4.12.